The summed E-state index contributed by atoms with van der Waals surface area (Å²) in [6.07, 6.45) is 1.98. The van der Waals surface area contributed by atoms with E-state index in [-0.39, 0.29) is 6.10 Å². The van der Waals surface area contributed by atoms with Gasteiger partial charge in [0.15, 0.2) is 0 Å². The molecule has 1 fully saturated rings. The van der Waals surface area contributed by atoms with Gasteiger partial charge in [-0.05, 0) is 19.4 Å². The van der Waals surface area contributed by atoms with E-state index in [4.69, 9.17) is 9.15 Å². The first-order valence-corrected chi connectivity index (χ1v) is 6.67. The summed E-state index contributed by atoms with van der Waals surface area (Å²) in [7, 11) is 0. The molecule has 1 aromatic rings. The molecule has 1 N–H and O–H groups in total. The zero-order valence-corrected chi connectivity index (χ0v) is 11.5. The second kappa shape index (κ2) is 6.20. The highest BCUT2D eigenvalue weighted by atomic mass is 16.5. The van der Waals surface area contributed by atoms with Gasteiger partial charge >= 0.3 is 0 Å². The summed E-state index contributed by atoms with van der Waals surface area (Å²) < 4.78 is 11.0. The standard InChI is InChI=1S/C13H23N3O2/c1-10(2)6-14-7-12-9-18-13(15-12)16-4-5-17-11(3)8-16/h9-11,14H,4-8H2,1-3H3. The average Bonchev–Trinajstić information content (AvgIpc) is 2.77. The first-order valence-electron chi connectivity index (χ1n) is 6.67. The van der Waals surface area contributed by atoms with Gasteiger partial charge in [0.1, 0.15) is 6.26 Å². The molecule has 1 unspecified atom stereocenters. The lowest BCUT2D eigenvalue weighted by atomic mass is 10.2. The third-order valence-corrected chi connectivity index (χ3v) is 2.91. The molecule has 18 heavy (non-hydrogen) atoms. The summed E-state index contributed by atoms with van der Waals surface area (Å²) in [4.78, 5) is 6.65. The van der Waals surface area contributed by atoms with Crippen molar-refractivity contribution in [3.8, 4) is 0 Å². The molecule has 5 heteroatoms. The summed E-state index contributed by atoms with van der Waals surface area (Å²) >= 11 is 0. The Morgan fingerprint density at radius 2 is 2.39 bits per heavy atom. The third-order valence-electron chi connectivity index (χ3n) is 2.91. The molecule has 2 heterocycles. The maximum atomic E-state index is 5.53. The van der Waals surface area contributed by atoms with Crippen LogP contribution in [0, 0.1) is 5.92 Å². The highest BCUT2D eigenvalue weighted by molar-refractivity contribution is 5.27. The molecule has 2 rings (SSSR count). The number of nitrogens with one attached hydrogen (secondary N) is 1. The van der Waals surface area contributed by atoms with Crippen LogP contribution < -0.4 is 10.2 Å². The Morgan fingerprint density at radius 3 is 3.11 bits per heavy atom. The van der Waals surface area contributed by atoms with E-state index in [0.29, 0.717) is 11.9 Å². The SMILES string of the molecule is CC(C)CNCc1coc(N2CCOC(C)C2)n1. The Morgan fingerprint density at radius 1 is 1.56 bits per heavy atom. The van der Waals surface area contributed by atoms with Crippen molar-refractivity contribution in [2.45, 2.75) is 33.4 Å². The predicted octanol–water partition coefficient (Wildman–Crippen LogP) is 1.65. The van der Waals surface area contributed by atoms with Crippen molar-refractivity contribution < 1.29 is 9.15 Å². The minimum Gasteiger partial charge on any atom is -0.432 e. The van der Waals surface area contributed by atoms with Gasteiger partial charge in [0.25, 0.3) is 6.01 Å². The van der Waals surface area contributed by atoms with Gasteiger partial charge in [-0.2, -0.15) is 4.98 Å². The van der Waals surface area contributed by atoms with Crippen molar-refractivity contribution in [2.75, 3.05) is 31.1 Å². The van der Waals surface area contributed by atoms with Crippen molar-refractivity contribution >= 4 is 6.01 Å². The van der Waals surface area contributed by atoms with Crippen LogP contribution in [-0.2, 0) is 11.3 Å². The molecular weight excluding hydrogens is 230 g/mol. The number of morpholine rings is 1. The Kier molecular flexibility index (Phi) is 4.60. The number of oxazole rings is 1. The molecule has 102 valence electrons. The minimum atomic E-state index is 0.244. The van der Waals surface area contributed by atoms with E-state index < -0.39 is 0 Å². The molecule has 1 aliphatic heterocycles. The molecule has 1 saturated heterocycles. The smallest absolute Gasteiger partial charge is 0.297 e. The second-order valence-electron chi connectivity index (χ2n) is 5.27. The zero-order chi connectivity index (χ0) is 13.0. The first kappa shape index (κ1) is 13.4. The Hall–Kier alpha value is -1.07. The molecule has 0 bridgehead atoms. The largest absolute Gasteiger partial charge is 0.432 e. The normalized spacial score (nSPS) is 20.7. The van der Waals surface area contributed by atoms with Crippen LogP contribution in [0.15, 0.2) is 10.7 Å². The Balaban J connectivity index is 1.85. The summed E-state index contributed by atoms with van der Waals surface area (Å²) in [6, 6.07) is 0.714. The number of anilines is 1. The molecule has 0 aliphatic carbocycles. The number of hydrogen-bond donors (Lipinski definition) is 1. The van der Waals surface area contributed by atoms with Gasteiger partial charge in [-0.3, -0.25) is 0 Å². The molecule has 0 amide bonds. The maximum absolute atomic E-state index is 5.53. The van der Waals surface area contributed by atoms with Gasteiger partial charge in [0.2, 0.25) is 0 Å². The quantitative estimate of drug-likeness (QED) is 0.864. The summed E-state index contributed by atoms with van der Waals surface area (Å²) in [5.41, 5.74) is 0.963. The molecular formula is C13H23N3O2. The fourth-order valence-corrected chi connectivity index (χ4v) is 2.00. The molecule has 1 atom stereocenters. The zero-order valence-electron chi connectivity index (χ0n) is 11.5. The van der Waals surface area contributed by atoms with Crippen LogP contribution in [-0.4, -0.2) is 37.3 Å². The van der Waals surface area contributed by atoms with Crippen molar-refractivity contribution in [1.29, 1.82) is 0 Å². The molecule has 5 nitrogen and oxygen atoms in total. The van der Waals surface area contributed by atoms with Gasteiger partial charge in [0, 0.05) is 19.6 Å². The van der Waals surface area contributed by atoms with Gasteiger partial charge < -0.3 is 19.4 Å². The van der Waals surface area contributed by atoms with E-state index in [0.717, 1.165) is 38.5 Å². The van der Waals surface area contributed by atoms with Crippen LogP contribution in [0.4, 0.5) is 6.01 Å². The van der Waals surface area contributed by atoms with Gasteiger partial charge in [-0.25, -0.2) is 0 Å². The third kappa shape index (κ3) is 3.71. The van der Waals surface area contributed by atoms with Crippen molar-refractivity contribution in [1.82, 2.24) is 10.3 Å². The highest BCUT2D eigenvalue weighted by Gasteiger charge is 2.20. The molecule has 0 aromatic carbocycles. The molecule has 0 saturated carbocycles. The van der Waals surface area contributed by atoms with Crippen LogP contribution >= 0.6 is 0 Å². The topological polar surface area (TPSA) is 50.5 Å². The minimum absolute atomic E-state index is 0.244. The maximum Gasteiger partial charge on any atom is 0.297 e. The van der Waals surface area contributed by atoms with Gasteiger partial charge in [-0.1, -0.05) is 13.8 Å². The van der Waals surface area contributed by atoms with Crippen LogP contribution in [0.2, 0.25) is 0 Å². The van der Waals surface area contributed by atoms with Crippen LogP contribution in [0.3, 0.4) is 0 Å². The van der Waals surface area contributed by atoms with E-state index in [2.05, 4.69) is 36.0 Å². The summed E-state index contributed by atoms with van der Waals surface area (Å²) in [5, 5.41) is 3.36. The number of aromatic nitrogens is 1. The van der Waals surface area contributed by atoms with E-state index in [9.17, 15) is 0 Å². The molecule has 1 aliphatic rings. The fourth-order valence-electron chi connectivity index (χ4n) is 2.00. The van der Waals surface area contributed by atoms with Gasteiger partial charge in [0.05, 0.1) is 18.4 Å². The lowest BCUT2D eigenvalue weighted by Crippen LogP contribution is -2.41. The van der Waals surface area contributed by atoms with Crippen molar-refractivity contribution in [3.05, 3.63) is 12.0 Å². The van der Waals surface area contributed by atoms with Crippen molar-refractivity contribution in [2.24, 2.45) is 5.92 Å². The van der Waals surface area contributed by atoms with Crippen LogP contribution in [0.1, 0.15) is 26.5 Å². The van der Waals surface area contributed by atoms with Gasteiger partial charge in [-0.15, -0.1) is 0 Å². The van der Waals surface area contributed by atoms with Crippen LogP contribution in [0.25, 0.3) is 0 Å². The predicted molar refractivity (Wildman–Crippen MR) is 70.7 cm³/mol. The number of hydrogen-bond acceptors (Lipinski definition) is 5. The van der Waals surface area contributed by atoms with Crippen molar-refractivity contribution in [3.63, 3.8) is 0 Å². The average molecular weight is 253 g/mol. The Bertz CT molecular complexity index is 365. The van der Waals surface area contributed by atoms with E-state index in [1.807, 2.05) is 0 Å². The van der Waals surface area contributed by atoms with Crippen LogP contribution in [0.5, 0.6) is 0 Å². The lowest BCUT2D eigenvalue weighted by molar-refractivity contribution is 0.0514. The number of ether oxygens (including phenoxy) is 1. The van der Waals surface area contributed by atoms with E-state index in [1.54, 1.807) is 6.26 Å². The Labute approximate surface area is 109 Å². The van der Waals surface area contributed by atoms with E-state index in [1.165, 1.54) is 0 Å². The molecule has 0 radical (unpaired) electrons. The fraction of sp³-hybridized carbons (Fsp3) is 0.769. The van der Waals surface area contributed by atoms with E-state index >= 15 is 0 Å². The summed E-state index contributed by atoms with van der Waals surface area (Å²) in [6.45, 7) is 10.7. The first-order chi connectivity index (χ1) is 8.65. The number of rotatable bonds is 5. The lowest BCUT2D eigenvalue weighted by Gasteiger charge is -2.29. The summed E-state index contributed by atoms with van der Waals surface area (Å²) in [5.74, 6) is 0.650. The molecule has 1 aromatic heterocycles. The highest BCUT2D eigenvalue weighted by Crippen LogP contribution is 2.16. The number of nitrogens with zero attached hydrogens (tertiary/aromatic N) is 2. The monoisotopic (exact) mass is 253 g/mol. The second-order valence-corrected chi connectivity index (χ2v) is 5.27. The molecule has 0 spiro atoms.